The Kier molecular flexibility index (Phi) is 8.10. The van der Waals surface area contributed by atoms with Crippen LogP contribution in [0.3, 0.4) is 0 Å². The highest BCUT2D eigenvalue weighted by atomic mass is 32.2. The molecule has 202 valence electrons. The van der Waals surface area contributed by atoms with Crippen molar-refractivity contribution in [1.82, 2.24) is 4.31 Å². The first-order valence-corrected chi connectivity index (χ1v) is 15.0. The van der Waals surface area contributed by atoms with Crippen LogP contribution in [0.5, 0.6) is 5.75 Å². The third-order valence-corrected chi connectivity index (χ3v) is 10.0. The Morgan fingerprint density at radius 1 is 0.868 bits per heavy atom. The quantitative estimate of drug-likeness (QED) is 0.427. The summed E-state index contributed by atoms with van der Waals surface area (Å²) in [4.78, 5) is 13.3. The number of benzene rings is 3. The second-order valence-electron chi connectivity index (χ2n) is 9.18. The monoisotopic (exact) mass is 557 g/mol. The van der Waals surface area contributed by atoms with Gasteiger partial charge in [0.2, 0.25) is 15.9 Å². The van der Waals surface area contributed by atoms with Gasteiger partial charge in [-0.1, -0.05) is 23.8 Å². The summed E-state index contributed by atoms with van der Waals surface area (Å²) in [5.74, 6) is -0.296. The Morgan fingerprint density at radius 3 is 2.05 bits per heavy atom. The van der Waals surface area contributed by atoms with Crippen LogP contribution in [0.15, 0.2) is 76.5 Å². The molecule has 0 saturated carbocycles. The number of nitrogens with zero attached hydrogens (tertiary/aromatic N) is 2. The minimum absolute atomic E-state index is 0.0379. The molecule has 0 atom stereocenters. The fraction of sp³-hybridized carbons (Fsp3) is 0.296. The molecule has 4 rings (SSSR count). The highest BCUT2D eigenvalue weighted by Gasteiger charge is 2.30. The fourth-order valence-corrected chi connectivity index (χ4v) is 7.19. The molecule has 1 N–H and O–H groups in total. The van der Waals surface area contributed by atoms with E-state index in [1.54, 1.807) is 30.3 Å². The number of sulfonamides is 2. The molecule has 9 nitrogen and oxygen atoms in total. The number of rotatable bonds is 9. The number of carbonyl (C=O) groups excluding carboxylic acids is 1. The summed E-state index contributed by atoms with van der Waals surface area (Å²) < 4.78 is 60.9. The molecule has 0 bridgehead atoms. The third-order valence-electron chi connectivity index (χ3n) is 6.34. The number of anilines is 2. The first-order valence-electron chi connectivity index (χ1n) is 12.2. The third kappa shape index (κ3) is 5.85. The van der Waals surface area contributed by atoms with Crippen molar-refractivity contribution in [2.75, 3.05) is 36.4 Å². The minimum Gasteiger partial charge on any atom is -0.495 e. The lowest BCUT2D eigenvalue weighted by molar-refractivity contribution is -0.114. The van der Waals surface area contributed by atoms with Gasteiger partial charge in [0.25, 0.3) is 10.0 Å². The average molecular weight is 558 g/mol. The molecule has 0 aromatic heterocycles. The Bertz CT molecular complexity index is 1510. The van der Waals surface area contributed by atoms with Gasteiger partial charge in [0.15, 0.2) is 0 Å². The number of amides is 1. The minimum atomic E-state index is -4.14. The van der Waals surface area contributed by atoms with E-state index in [1.807, 2.05) is 13.8 Å². The lowest BCUT2D eigenvalue weighted by Crippen LogP contribution is -2.38. The SMILES string of the molecule is COc1ccc(C)cc1N(CC(=O)Nc1ccc(S(=O)(=O)N2CCCC2)cc1)S(=O)(=O)c1ccc(C)cc1. The van der Waals surface area contributed by atoms with Crippen LogP contribution in [0.4, 0.5) is 11.4 Å². The maximum atomic E-state index is 13.7. The number of methoxy groups -OCH3 is 1. The number of hydrogen-bond donors (Lipinski definition) is 1. The van der Waals surface area contributed by atoms with Crippen molar-refractivity contribution in [3.8, 4) is 5.75 Å². The van der Waals surface area contributed by atoms with Crippen LogP contribution in [-0.2, 0) is 24.8 Å². The summed E-state index contributed by atoms with van der Waals surface area (Å²) in [6.45, 7) is 4.14. The molecular formula is C27H31N3O6S2. The van der Waals surface area contributed by atoms with Crippen LogP contribution < -0.4 is 14.4 Å². The van der Waals surface area contributed by atoms with E-state index in [0.29, 0.717) is 24.5 Å². The van der Waals surface area contributed by atoms with Crippen molar-refractivity contribution < 1.29 is 26.4 Å². The fourth-order valence-electron chi connectivity index (χ4n) is 4.25. The van der Waals surface area contributed by atoms with Gasteiger partial charge in [-0.3, -0.25) is 9.10 Å². The second-order valence-corrected chi connectivity index (χ2v) is 13.0. The molecule has 1 amide bonds. The second kappa shape index (κ2) is 11.1. The van der Waals surface area contributed by atoms with Crippen molar-refractivity contribution in [1.29, 1.82) is 0 Å². The van der Waals surface area contributed by atoms with Crippen molar-refractivity contribution in [2.24, 2.45) is 0 Å². The van der Waals surface area contributed by atoms with Gasteiger partial charge < -0.3 is 10.1 Å². The number of aryl methyl sites for hydroxylation is 2. The Labute approximate surface area is 224 Å². The van der Waals surface area contributed by atoms with Gasteiger partial charge >= 0.3 is 0 Å². The molecule has 0 radical (unpaired) electrons. The zero-order valence-electron chi connectivity index (χ0n) is 21.5. The van der Waals surface area contributed by atoms with Crippen LogP contribution in [0, 0.1) is 13.8 Å². The van der Waals surface area contributed by atoms with Gasteiger partial charge in [0, 0.05) is 18.8 Å². The molecule has 0 spiro atoms. The highest BCUT2D eigenvalue weighted by Crippen LogP contribution is 2.33. The molecule has 38 heavy (non-hydrogen) atoms. The van der Waals surface area contributed by atoms with E-state index in [0.717, 1.165) is 28.3 Å². The van der Waals surface area contributed by atoms with E-state index >= 15 is 0 Å². The molecular weight excluding hydrogens is 526 g/mol. The molecule has 1 heterocycles. The maximum absolute atomic E-state index is 13.7. The average Bonchev–Trinajstić information content (AvgIpc) is 3.44. The normalized spacial score (nSPS) is 14.3. The molecule has 3 aromatic rings. The van der Waals surface area contributed by atoms with Gasteiger partial charge in [-0.15, -0.1) is 0 Å². The lowest BCUT2D eigenvalue weighted by atomic mass is 10.2. The zero-order chi connectivity index (χ0) is 27.5. The summed E-state index contributed by atoms with van der Waals surface area (Å²) in [7, 11) is -6.29. The Morgan fingerprint density at radius 2 is 1.45 bits per heavy atom. The van der Waals surface area contributed by atoms with Gasteiger partial charge in [-0.2, -0.15) is 4.31 Å². The lowest BCUT2D eigenvalue weighted by Gasteiger charge is -2.26. The predicted octanol–water partition coefficient (Wildman–Crippen LogP) is 3.93. The van der Waals surface area contributed by atoms with E-state index in [4.69, 9.17) is 4.74 Å². The summed E-state index contributed by atoms with van der Waals surface area (Å²) in [5.41, 5.74) is 2.27. The summed E-state index contributed by atoms with van der Waals surface area (Å²) in [6, 6.07) is 17.3. The van der Waals surface area contributed by atoms with E-state index in [-0.39, 0.29) is 15.5 Å². The summed E-state index contributed by atoms with van der Waals surface area (Å²) >= 11 is 0. The van der Waals surface area contributed by atoms with E-state index < -0.39 is 32.5 Å². The van der Waals surface area contributed by atoms with Gasteiger partial charge in [0.1, 0.15) is 12.3 Å². The first kappa shape index (κ1) is 27.6. The Balaban J connectivity index is 1.61. The molecule has 1 fully saturated rings. The molecule has 1 saturated heterocycles. The van der Waals surface area contributed by atoms with Crippen molar-refractivity contribution in [3.63, 3.8) is 0 Å². The standard InChI is InChI=1S/C27H31N3O6S2/c1-20-6-11-24(12-7-20)38(34,35)30(25-18-21(2)8-15-26(25)36-3)19-27(31)28-22-9-13-23(14-10-22)37(32,33)29-16-4-5-17-29/h6-15,18H,4-5,16-17,19H2,1-3H3,(H,28,31). The van der Waals surface area contributed by atoms with Crippen LogP contribution >= 0.6 is 0 Å². The topological polar surface area (TPSA) is 113 Å². The molecule has 3 aromatic carbocycles. The smallest absolute Gasteiger partial charge is 0.264 e. The van der Waals surface area contributed by atoms with Crippen LogP contribution in [0.2, 0.25) is 0 Å². The molecule has 1 aliphatic rings. The van der Waals surface area contributed by atoms with Gasteiger partial charge in [-0.25, -0.2) is 16.8 Å². The molecule has 1 aliphatic heterocycles. The molecule has 0 unspecified atom stereocenters. The van der Waals surface area contributed by atoms with Gasteiger partial charge in [0.05, 0.1) is 22.6 Å². The first-order chi connectivity index (χ1) is 18.0. The predicted molar refractivity (Wildman–Crippen MR) is 147 cm³/mol. The van der Waals surface area contributed by atoms with Crippen molar-refractivity contribution >= 4 is 37.3 Å². The van der Waals surface area contributed by atoms with E-state index in [2.05, 4.69) is 5.32 Å². The summed E-state index contributed by atoms with van der Waals surface area (Å²) in [6.07, 6.45) is 1.67. The van der Waals surface area contributed by atoms with Crippen LogP contribution in [0.25, 0.3) is 0 Å². The Hall–Kier alpha value is -3.41. The zero-order valence-corrected chi connectivity index (χ0v) is 23.2. The van der Waals surface area contributed by atoms with Crippen molar-refractivity contribution in [2.45, 2.75) is 36.5 Å². The molecule has 11 heteroatoms. The highest BCUT2D eigenvalue weighted by molar-refractivity contribution is 7.93. The number of nitrogens with one attached hydrogen (secondary N) is 1. The maximum Gasteiger partial charge on any atom is 0.264 e. The number of ether oxygens (including phenoxy) is 1. The van der Waals surface area contributed by atoms with Crippen molar-refractivity contribution in [3.05, 3.63) is 77.9 Å². The largest absolute Gasteiger partial charge is 0.495 e. The van der Waals surface area contributed by atoms with E-state index in [9.17, 15) is 21.6 Å². The van der Waals surface area contributed by atoms with Crippen LogP contribution in [0.1, 0.15) is 24.0 Å². The van der Waals surface area contributed by atoms with Gasteiger partial charge in [-0.05, 0) is 80.8 Å². The molecule has 0 aliphatic carbocycles. The summed E-state index contributed by atoms with van der Waals surface area (Å²) in [5, 5.41) is 2.68. The van der Waals surface area contributed by atoms with E-state index in [1.165, 1.54) is 47.8 Å². The van der Waals surface area contributed by atoms with Crippen LogP contribution in [-0.4, -0.2) is 53.8 Å². The number of carbonyl (C=O) groups is 1. The number of hydrogen-bond acceptors (Lipinski definition) is 6.